The van der Waals surface area contributed by atoms with Gasteiger partial charge in [-0.1, -0.05) is 58.8 Å². The van der Waals surface area contributed by atoms with E-state index < -0.39 is 9.84 Å². The highest BCUT2D eigenvalue weighted by molar-refractivity contribution is 7.91. The maximum absolute atomic E-state index is 11.3. The standard InChI is InChI=1S/C15H33NO2S/c1-3-5-6-7-8-9-10-11-13-16-14-12-15-19(17,18)4-2/h16H,3-15H2,1-2H3. The fraction of sp³-hybridized carbons (Fsp3) is 1.00. The number of rotatable bonds is 14. The van der Waals surface area contributed by atoms with Gasteiger partial charge >= 0.3 is 0 Å². The Hall–Kier alpha value is -0.0900. The first-order valence-corrected chi connectivity index (χ1v) is 9.85. The van der Waals surface area contributed by atoms with Crippen LogP contribution >= 0.6 is 0 Å². The average molecular weight is 292 g/mol. The minimum absolute atomic E-state index is 0.269. The lowest BCUT2D eigenvalue weighted by Crippen LogP contribution is -2.20. The van der Waals surface area contributed by atoms with Gasteiger partial charge in [0, 0.05) is 5.75 Å². The van der Waals surface area contributed by atoms with Crippen LogP contribution in [0, 0.1) is 0 Å². The first-order chi connectivity index (χ1) is 9.12. The minimum atomic E-state index is -2.77. The Kier molecular flexibility index (Phi) is 12.9. The van der Waals surface area contributed by atoms with Gasteiger partial charge in [0.05, 0.1) is 5.75 Å². The van der Waals surface area contributed by atoms with E-state index in [0.717, 1.165) is 19.5 Å². The van der Waals surface area contributed by atoms with Gasteiger partial charge in [-0.15, -0.1) is 0 Å². The third-order valence-electron chi connectivity index (χ3n) is 3.46. The van der Waals surface area contributed by atoms with Crippen molar-refractivity contribution in [2.45, 2.75) is 71.6 Å². The Bertz CT molecular complexity index is 276. The number of nitrogens with one attached hydrogen (secondary N) is 1. The third-order valence-corrected chi connectivity index (χ3v) is 5.25. The molecule has 0 aliphatic carbocycles. The Morgan fingerprint density at radius 3 is 1.84 bits per heavy atom. The molecule has 0 spiro atoms. The predicted octanol–water partition coefficient (Wildman–Crippen LogP) is 3.54. The predicted molar refractivity (Wildman–Crippen MR) is 84.4 cm³/mol. The maximum atomic E-state index is 11.3. The zero-order chi connectivity index (χ0) is 14.4. The molecule has 116 valence electrons. The van der Waals surface area contributed by atoms with E-state index in [1.54, 1.807) is 6.92 Å². The number of hydrogen-bond acceptors (Lipinski definition) is 3. The van der Waals surface area contributed by atoms with Crippen molar-refractivity contribution >= 4 is 9.84 Å². The van der Waals surface area contributed by atoms with Crippen molar-refractivity contribution in [3.05, 3.63) is 0 Å². The van der Waals surface area contributed by atoms with Crippen molar-refractivity contribution in [1.82, 2.24) is 5.32 Å². The summed E-state index contributed by atoms with van der Waals surface area (Å²) in [6.07, 6.45) is 11.4. The molecule has 0 unspecified atom stereocenters. The summed E-state index contributed by atoms with van der Waals surface area (Å²) in [5.74, 6) is 0.596. The van der Waals surface area contributed by atoms with Crippen LogP contribution in [0.3, 0.4) is 0 Å². The Balaban J connectivity index is 3.11. The van der Waals surface area contributed by atoms with E-state index in [1.807, 2.05) is 0 Å². The summed E-state index contributed by atoms with van der Waals surface area (Å²) >= 11 is 0. The van der Waals surface area contributed by atoms with Gasteiger partial charge in [0.1, 0.15) is 9.84 Å². The van der Waals surface area contributed by atoms with E-state index in [2.05, 4.69) is 12.2 Å². The largest absolute Gasteiger partial charge is 0.317 e. The van der Waals surface area contributed by atoms with Crippen LogP contribution in [0.4, 0.5) is 0 Å². The zero-order valence-corrected chi connectivity index (χ0v) is 13.7. The lowest BCUT2D eigenvalue weighted by molar-refractivity contribution is 0.552. The molecule has 0 bridgehead atoms. The van der Waals surface area contributed by atoms with Gasteiger partial charge in [-0.3, -0.25) is 0 Å². The molecule has 4 heteroatoms. The van der Waals surface area contributed by atoms with Crippen molar-refractivity contribution in [1.29, 1.82) is 0 Å². The Morgan fingerprint density at radius 1 is 0.737 bits per heavy atom. The van der Waals surface area contributed by atoms with Crippen molar-refractivity contribution in [3.8, 4) is 0 Å². The molecule has 0 aliphatic rings. The van der Waals surface area contributed by atoms with E-state index in [9.17, 15) is 8.42 Å². The second-order valence-corrected chi connectivity index (χ2v) is 7.79. The Morgan fingerprint density at radius 2 is 1.26 bits per heavy atom. The molecule has 0 atom stereocenters. The lowest BCUT2D eigenvalue weighted by atomic mass is 10.1. The summed E-state index contributed by atoms with van der Waals surface area (Å²) in [6.45, 7) is 5.82. The quantitative estimate of drug-likeness (QED) is 0.498. The van der Waals surface area contributed by atoms with E-state index in [4.69, 9.17) is 0 Å². The summed E-state index contributed by atoms with van der Waals surface area (Å²) < 4.78 is 22.5. The Labute approximate surface area is 120 Å². The van der Waals surface area contributed by atoms with Crippen LogP contribution in [-0.4, -0.2) is 33.0 Å². The smallest absolute Gasteiger partial charge is 0.150 e. The van der Waals surface area contributed by atoms with Crippen LogP contribution in [0.15, 0.2) is 0 Å². The van der Waals surface area contributed by atoms with Gasteiger partial charge in [0.25, 0.3) is 0 Å². The van der Waals surface area contributed by atoms with Crippen molar-refractivity contribution in [2.75, 3.05) is 24.6 Å². The molecule has 0 aliphatic heterocycles. The highest BCUT2D eigenvalue weighted by Crippen LogP contribution is 2.07. The summed E-state index contributed by atoms with van der Waals surface area (Å²) in [5, 5.41) is 3.33. The minimum Gasteiger partial charge on any atom is -0.317 e. The first-order valence-electron chi connectivity index (χ1n) is 8.03. The molecule has 0 saturated heterocycles. The van der Waals surface area contributed by atoms with E-state index in [1.165, 1.54) is 51.4 Å². The molecule has 1 N–H and O–H groups in total. The molecular weight excluding hydrogens is 258 g/mol. The van der Waals surface area contributed by atoms with Crippen molar-refractivity contribution in [2.24, 2.45) is 0 Å². The first kappa shape index (κ1) is 18.9. The van der Waals surface area contributed by atoms with Gasteiger partial charge in [-0.05, 0) is 25.9 Å². The van der Waals surface area contributed by atoms with Crippen LogP contribution in [0.2, 0.25) is 0 Å². The van der Waals surface area contributed by atoms with E-state index >= 15 is 0 Å². The van der Waals surface area contributed by atoms with Gasteiger partial charge in [0.2, 0.25) is 0 Å². The second kappa shape index (κ2) is 12.9. The molecule has 19 heavy (non-hydrogen) atoms. The molecule has 0 amide bonds. The summed E-state index contributed by atoms with van der Waals surface area (Å²) in [4.78, 5) is 0. The molecular formula is C15H33NO2S. The number of unbranched alkanes of at least 4 members (excludes halogenated alkanes) is 7. The van der Waals surface area contributed by atoms with Crippen molar-refractivity contribution < 1.29 is 8.42 Å². The van der Waals surface area contributed by atoms with E-state index in [0.29, 0.717) is 5.75 Å². The molecule has 3 nitrogen and oxygen atoms in total. The highest BCUT2D eigenvalue weighted by Gasteiger charge is 2.05. The molecule has 0 fully saturated rings. The fourth-order valence-electron chi connectivity index (χ4n) is 2.07. The maximum Gasteiger partial charge on any atom is 0.150 e. The van der Waals surface area contributed by atoms with Crippen molar-refractivity contribution in [3.63, 3.8) is 0 Å². The normalized spacial score (nSPS) is 11.9. The highest BCUT2D eigenvalue weighted by atomic mass is 32.2. The van der Waals surface area contributed by atoms with Crippen LogP contribution in [0.25, 0.3) is 0 Å². The van der Waals surface area contributed by atoms with Crippen LogP contribution in [-0.2, 0) is 9.84 Å². The number of sulfone groups is 1. The topological polar surface area (TPSA) is 46.2 Å². The van der Waals surface area contributed by atoms with Gasteiger partial charge < -0.3 is 5.32 Å². The summed E-state index contributed by atoms with van der Waals surface area (Å²) in [6, 6.07) is 0. The summed E-state index contributed by atoms with van der Waals surface area (Å²) in [7, 11) is -2.77. The fourth-order valence-corrected chi connectivity index (χ4v) is 2.94. The van der Waals surface area contributed by atoms with Gasteiger partial charge in [-0.25, -0.2) is 8.42 Å². The second-order valence-electron chi connectivity index (χ2n) is 5.31. The van der Waals surface area contributed by atoms with Crippen LogP contribution in [0.1, 0.15) is 71.6 Å². The molecule has 0 aromatic rings. The zero-order valence-electron chi connectivity index (χ0n) is 12.9. The van der Waals surface area contributed by atoms with Crippen LogP contribution in [0.5, 0.6) is 0 Å². The average Bonchev–Trinajstić information content (AvgIpc) is 2.40. The van der Waals surface area contributed by atoms with Crippen LogP contribution < -0.4 is 5.32 Å². The molecule has 0 rings (SSSR count). The number of hydrogen-bond donors (Lipinski definition) is 1. The molecule has 0 saturated carbocycles. The molecule has 0 radical (unpaired) electrons. The molecule has 0 aromatic heterocycles. The monoisotopic (exact) mass is 291 g/mol. The van der Waals surface area contributed by atoms with E-state index in [-0.39, 0.29) is 5.75 Å². The van der Waals surface area contributed by atoms with Gasteiger partial charge in [-0.2, -0.15) is 0 Å². The molecule has 0 aromatic carbocycles. The third kappa shape index (κ3) is 14.1. The van der Waals surface area contributed by atoms with Gasteiger partial charge in [0.15, 0.2) is 0 Å². The molecule has 0 heterocycles. The lowest BCUT2D eigenvalue weighted by Gasteiger charge is -2.05. The summed E-state index contributed by atoms with van der Waals surface area (Å²) in [5.41, 5.74) is 0. The SMILES string of the molecule is CCCCCCCCCCNCCCS(=O)(=O)CC.